The summed E-state index contributed by atoms with van der Waals surface area (Å²) >= 11 is 0. The van der Waals surface area contributed by atoms with Gasteiger partial charge in [-0.05, 0) is 30.3 Å². The number of para-hydroxylation sites is 1. The van der Waals surface area contributed by atoms with E-state index in [9.17, 15) is 13.2 Å². The summed E-state index contributed by atoms with van der Waals surface area (Å²) in [4.78, 5) is 3.88. The van der Waals surface area contributed by atoms with Crippen molar-refractivity contribution in [1.29, 1.82) is 0 Å². The third-order valence-electron chi connectivity index (χ3n) is 3.24. The van der Waals surface area contributed by atoms with E-state index in [-0.39, 0.29) is 5.52 Å². The Labute approximate surface area is 124 Å². The molecule has 0 aliphatic rings. The average Bonchev–Trinajstić information content (AvgIpc) is 2.46. The molecular formula is C16H12F3N3. The molecule has 3 nitrogen and oxygen atoms in total. The van der Waals surface area contributed by atoms with E-state index in [0.29, 0.717) is 22.4 Å². The molecular weight excluding hydrogens is 291 g/mol. The quantitative estimate of drug-likeness (QED) is 0.681. The topological polar surface area (TPSA) is 50.9 Å². The molecule has 0 saturated heterocycles. The van der Waals surface area contributed by atoms with E-state index in [1.165, 1.54) is 12.3 Å². The standard InChI is InChI=1S/C16H12F3N3/c17-16(18,19)13-6-2-5-12-14(7-8-21-15(12)13)22-11-4-1-3-10(20)9-11/h1-9H,20H2,(H,21,22). The summed E-state index contributed by atoms with van der Waals surface area (Å²) in [5, 5.41) is 3.48. The maximum Gasteiger partial charge on any atom is 0.418 e. The van der Waals surface area contributed by atoms with Crippen LogP contribution in [0.3, 0.4) is 0 Å². The highest BCUT2D eigenvalue weighted by atomic mass is 19.4. The van der Waals surface area contributed by atoms with E-state index in [2.05, 4.69) is 10.3 Å². The Morgan fingerprint density at radius 1 is 1.00 bits per heavy atom. The Bertz CT molecular complexity index is 828. The third-order valence-corrected chi connectivity index (χ3v) is 3.24. The molecule has 3 aromatic rings. The van der Waals surface area contributed by atoms with Crippen molar-refractivity contribution >= 4 is 28.0 Å². The molecule has 0 aliphatic heterocycles. The van der Waals surface area contributed by atoms with E-state index in [0.717, 1.165) is 6.07 Å². The van der Waals surface area contributed by atoms with E-state index in [1.54, 1.807) is 36.4 Å². The zero-order chi connectivity index (χ0) is 15.7. The number of anilines is 3. The Morgan fingerprint density at radius 2 is 1.77 bits per heavy atom. The lowest BCUT2D eigenvalue weighted by atomic mass is 10.1. The van der Waals surface area contributed by atoms with Crippen LogP contribution in [0.1, 0.15) is 5.56 Å². The number of nitrogens with one attached hydrogen (secondary N) is 1. The van der Waals surface area contributed by atoms with Crippen LogP contribution in [0.2, 0.25) is 0 Å². The zero-order valence-electron chi connectivity index (χ0n) is 11.4. The van der Waals surface area contributed by atoms with Crippen molar-refractivity contribution in [2.45, 2.75) is 6.18 Å². The predicted molar refractivity (Wildman–Crippen MR) is 80.9 cm³/mol. The fourth-order valence-corrected chi connectivity index (χ4v) is 2.29. The van der Waals surface area contributed by atoms with E-state index in [4.69, 9.17) is 5.73 Å². The van der Waals surface area contributed by atoms with Crippen LogP contribution < -0.4 is 11.1 Å². The Morgan fingerprint density at radius 3 is 2.50 bits per heavy atom. The number of rotatable bonds is 2. The summed E-state index contributed by atoms with van der Waals surface area (Å²) in [7, 11) is 0. The van der Waals surface area contributed by atoms with Gasteiger partial charge in [0.15, 0.2) is 0 Å². The van der Waals surface area contributed by atoms with Gasteiger partial charge in [0.2, 0.25) is 0 Å². The molecule has 1 heterocycles. The van der Waals surface area contributed by atoms with Crippen LogP contribution >= 0.6 is 0 Å². The number of nitrogens with zero attached hydrogens (tertiary/aromatic N) is 1. The summed E-state index contributed by atoms with van der Waals surface area (Å²) in [5.74, 6) is 0. The van der Waals surface area contributed by atoms with Crippen molar-refractivity contribution in [1.82, 2.24) is 4.98 Å². The Kier molecular flexibility index (Phi) is 3.36. The summed E-state index contributed by atoms with van der Waals surface area (Å²) in [6, 6.07) is 12.6. The minimum absolute atomic E-state index is 0.0797. The Hall–Kier alpha value is -2.76. The first-order chi connectivity index (χ1) is 10.4. The zero-order valence-corrected chi connectivity index (χ0v) is 11.4. The molecule has 0 bridgehead atoms. The SMILES string of the molecule is Nc1cccc(Nc2ccnc3c(C(F)(F)F)cccc23)c1. The monoisotopic (exact) mass is 303 g/mol. The van der Waals surface area contributed by atoms with E-state index >= 15 is 0 Å². The van der Waals surface area contributed by atoms with Crippen LogP contribution in [0, 0.1) is 0 Å². The number of nitrogen functional groups attached to an aromatic ring is 1. The molecule has 2 aromatic carbocycles. The molecule has 3 N–H and O–H groups in total. The Balaban J connectivity index is 2.12. The maximum atomic E-state index is 13.1. The van der Waals surface area contributed by atoms with Gasteiger partial charge in [-0.2, -0.15) is 13.2 Å². The van der Waals surface area contributed by atoms with Gasteiger partial charge in [0.25, 0.3) is 0 Å². The lowest BCUT2D eigenvalue weighted by Gasteiger charge is -2.13. The first-order valence-electron chi connectivity index (χ1n) is 6.52. The number of aromatic nitrogens is 1. The van der Waals surface area contributed by atoms with Gasteiger partial charge in [-0.15, -0.1) is 0 Å². The number of benzene rings is 2. The van der Waals surface area contributed by atoms with Gasteiger partial charge in [0.1, 0.15) is 0 Å². The molecule has 22 heavy (non-hydrogen) atoms. The second kappa shape index (κ2) is 5.22. The van der Waals surface area contributed by atoms with Gasteiger partial charge >= 0.3 is 6.18 Å². The van der Waals surface area contributed by atoms with Crippen molar-refractivity contribution in [3.8, 4) is 0 Å². The molecule has 112 valence electrons. The number of halogens is 3. The third kappa shape index (κ3) is 2.67. The minimum atomic E-state index is -4.44. The van der Waals surface area contributed by atoms with Crippen molar-refractivity contribution in [2.75, 3.05) is 11.1 Å². The molecule has 0 saturated carbocycles. The van der Waals surface area contributed by atoms with Crippen molar-refractivity contribution < 1.29 is 13.2 Å². The number of fused-ring (bicyclic) bond motifs is 1. The minimum Gasteiger partial charge on any atom is -0.399 e. The normalized spacial score (nSPS) is 11.6. The van der Waals surface area contributed by atoms with Crippen LogP contribution in [0.5, 0.6) is 0 Å². The predicted octanol–water partition coefficient (Wildman–Crippen LogP) is 4.58. The molecule has 0 spiro atoms. The summed E-state index contributed by atoms with van der Waals surface area (Å²) in [6.07, 6.45) is -3.09. The summed E-state index contributed by atoms with van der Waals surface area (Å²) in [6.45, 7) is 0. The fourth-order valence-electron chi connectivity index (χ4n) is 2.29. The van der Waals surface area contributed by atoms with Crippen molar-refractivity contribution in [2.24, 2.45) is 0 Å². The molecule has 6 heteroatoms. The molecule has 0 unspecified atom stereocenters. The molecule has 3 rings (SSSR count). The number of pyridine rings is 1. The van der Waals surface area contributed by atoms with Gasteiger partial charge in [-0.3, -0.25) is 4.98 Å². The number of hydrogen-bond donors (Lipinski definition) is 2. The molecule has 0 atom stereocenters. The van der Waals surface area contributed by atoms with Gasteiger partial charge in [-0.25, -0.2) is 0 Å². The van der Waals surface area contributed by atoms with E-state index in [1.807, 2.05) is 0 Å². The average molecular weight is 303 g/mol. The summed E-state index contributed by atoms with van der Waals surface area (Å²) in [5.41, 5.74) is 6.69. The fraction of sp³-hybridized carbons (Fsp3) is 0.0625. The van der Waals surface area contributed by atoms with Crippen LogP contribution in [-0.2, 0) is 6.18 Å². The molecule has 0 fully saturated rings. The second-order valence-corrected chi connectivity index (χ2v) is 4.81. The molecule has 0 radical (unpaired) electrons. The maximum absolute atomic E-state index is 13.1. The lowest BCUT2D eigenvalue weighted by Crippen LogP contribution is -2.07. The molecule has 0 amide bonds. The largest absolute Gasteiger partial charge is 0.418 e. The number of alkyl halides is 3. The smallest absolute Gasteiger partial charge is 0.399 e. The highest BCUT2D eigenvalue weighted by Gasteiger charge is 2.33. The highest BCUT2D eigenvalue weighted by molar-refractivity contribution is 5.94. The van der Waals surface area contributed by atoms with Crippen molar-refractivity contribution in [3.05, 3.63) is 60.3 Å². The molecule has 0 aliphatic carbocycles. The van der Waals surface area contributed by atoms with Gasteiger partial charge in [0, 0.05) is 28.6 Å². The molecule has 1 aromatic heterocycles. The number of hydrogen-bond acceptors (Lipinski definition) is 3. The summed E-state index contributed by atoms with van der Waals surface area (Å²) < 4.78 is 39.2. The second-order valence-electron chi connectivity index (χ2n) is 4.81. The van der Waals surface area contributed by atoms with Crippen LogP contribution in [0.15, 0.2) is 54.7 Å². The lowest BCUT2D eigenvalue weighted by molar-refractivity contribution is -0.136. The first-order valence-corrected chi connectivity index (χ1v) is 6.52. The van der Waals surface area contributed by atoms with Crippen LogP contribution in [-0.4, -0.2) is 4.98 Å². The highest BCUT2D eigenvalue weighted by Crippen LogP contribution is 2.36. The van der Waals surface area contributed by atoms with Gasteiger partial charge in [0.05, 0.1) is 11.1 Å². The van der Waals surface area contributed by atoms with Crippen LogP contribution in [0.4, 0.5) is 30.2 Å². The first kappa shape index (κ1) is 14.2. The van der Waals surface area contributed by atoms with Gasteiger partial charge < -0.3 is 11.1 Å². The van der Waals surface area contributed by atoms with Gasteiger partial charge in [-0.1, -0.05) is 18.2 Å². The number of nitrogens with two attached hydrogens (primary N) is 1. The van der Waals surface area contributed by atoms with E-state index < -0.39 is 11.7 Å². The van der Waals surface area contributed by atoms with Crippen molar-refractivity contribution in [3.63, 3.8) is 0 Å². The van der Waals surface area contributed by atoms with Crippen LogP contribution in [0.25, 0.3) is 10.9 Å².